The number of epoxide rings is 1. The Kier molecular flexibility index (Phi) is 15.4. The van der Waals surface area contributed by atoms with E-state index in [-0.39, 0.29) is 12.0 Å². The van der Waals surface area contributed by atoms with Gasteiger partial charge in [0.2, 0.25) is 5.91 Å². The summed E-state index contributed by atoms with van der Waals surface area (Å²) in [5.41, 5.74) is 0. The summed E-state index contributed by atoms with van der Waals surface area (Å²) in [6.45, 7) is 2.96. The van der Waals surface area contributed by atoms with E-state index in [0.717, 1.165) is 25.7 Å². The lowest BCUT2D eigenvalue weighted by molar-refractivity contribution is -0.121. The smallest absolute Gasteiger partial charge is 0.219 e. The van der Waals surface area contributed by atoms with Gasteiger partial charge >= 0.3 is 0 Å². The molecule has 1 amide bonds. The van der Waals surface area contributed by atoms with Crippen LogP contribution in [0.2, 0.25) is 0 Å². The monoisotopic (exact) mass is 381 g/mol. The lowest BCUT2D eigenvalue weighted by Crippen LogP contribution is -2.24. The molecule has 0 spiro atoms. The summed E-state index contributed by atoms with van der Waals surface area (Å²) in [6.07, 6.45) is 23.1. The van der Waals surface area contributed by atoms with E-state index in [9.17, 15) is 4.79 Å². The molecule has 0 bridgehead atoms. The molecule has 0 aromatic heterocycles. The van der Waals surface area contributed by atoms with Crippen molar-refractivity contribution in [3.8, 4) is 0 Å². The Bertz CT molecular complexity index is 384. The van der Waals surface area contributed by atoms with Crippen molar-refractivity contribution in [2.75, 3.05) is 6.54 Å². The first-order chi connectivity index (χ1) is 13.2. The van der Waals surface area contributed by atoms with Crippen LogP contribution in [0.25, 0.3) is 0 Å². The van der Waals surface area contributed by atoms with Gasteiger partial charge in [-0.1, -0.05) is 70.4 Å². The van der Waals surface area contributed by atoms with Crippen molar-refractivity contribution in [1.82, 2.24) is 5.32 Å². The summed E-state index contributed by atoms with van der Waals surface area (Å²) in [5, 5.41) is 12.0. The van der Waals surface area contributed by atoms with E-state index in [1.807, 2.05) is 0 Å². The number of aliphatic hydroxyl groups excluding tert-OH is 1. The van der Waals surface area contributed by atoms with Crippen LogP contribution in [0.3, 0.4) is 0 Å². The third-order valence-electron chi connectivity index (χ3n) is 5.21. The van der Waals surface area contributed by atoms with Gasteiger partial charge in [-0.05, 0) is 44.9 Å². The highest BCUT2D eigenvalue weighted by Crippen LogP contribution is 2.23. The molecule has 158 valence electrons. The fraction of sp³-hybridized carbons (Fsp3) is 0.870. The van der Waals surface area contributed by atoms with Crippen LogP contribution in [0, 0.1) is 0 Å². The molecule has 0 aromatic rings. The molecule has 4 heteroatoms. The summed E-state index contributed by atoms with van der Waals surface area (Å²) in [4.78, 5) is 11.7. The number of ether oxygens (including phenoxy) is 1. The number of amides is 1. The number of hydrogen-bond acceptors (Lipinski definition) is 3. The highest BCUT2D eigenvalue weighted by atomic mass is 16.7. The van der Waals surface area contributed by atoms with Gasteiger partial charge in [-0.3, -0.25) is 4.79 Å². The maximum absolute atomic E-state index is 11.7. The summed E-state index contributed by atoms with van der Waals surface area (Å²) in [5.74, 6) is 0.157. The minimum atomic E-state index is -0.559. The van der Waals surface area contributed by atoms with Crippen molar-refractivity contribution in [2.45, 2.75) is 122 Å². The molecular formula is C23H43NO3. The third-order valence-corrected chi connectivity index (χ3v) is 5.21. The van der Waals surface area contributed by atoms with Gasteiger partial charge in [-0.2, -0.15) is 0 Å². The second-order valence-electron chi connectivity index (χ2n) is 7.89. The quantitative estimate of drug-likeness (QED) is 0.173. The van der Waals surface area contributed by atoms with Gasteiger partial charge in [-0.15, -0.1) is 0 Å². The Hall–Kier alpha value is -0.870. The average Bonchev–Trinajstić information content (AvgIpc) is 3.37. The predicted molar refractivity (Wildman–Crippen MR) is 113 cm³/mol. The molecule has 1 rings (SSSR count). The van der Waals surface area contributed by atoms with Crippen LogP contribution in [-0.4, -0.2) is 30.0 Å². The van der Waals surface area contributed by atoms with Gasteiger partial charge in [0.25, 0.3) is 0 Å². The molecule has 2 atom stereocenters. The fourth-order valence-corrected chi connectivity index (χ4v) is 3.32. The van der Waals surface area contributed by atoms with Crippen LogP contribution in [0.5, 0.6) is 0 Å². The lowest BCUT2D eigenvalue weighted by atomic mass is 10.1. The minimum absolute atomic E-state index is 0.00676. The Morgan fingerprint density at radius 1 is 0.889 bits per heavy atom. The zero-order chi connectivity index (χ0) is 19.6. The highest BCUT2D eigenvalue weighted by molar-refractivity contribution is 5.75. The van der Waals surface area contributed by atoms with E-state index in [0.29, 0.717) is 13.0 Å². The number of unbranched alkanes of at least 4 members (excludes halogenated alkanes) is 11. The number of rotatable bonds is 19. The molecule has 2 N–H and O–H groups in total. The Morgan fingerprint density at radius 3 is 2.04 bits per heavy atom. The molecular weight excluding hydrogens is 338 g/mol. The molecule has 0 radical (unpaired) electrons. The van der Waals surface area contributed by atoms with Gasteiger partial charge in [0.15, 0.2) is 6.29 Å². The number of hydrogen-bond donors (Lipinski definition) is 2. The van der Waals surface area contributed by atoms with Gasteiger partial charge in [0.1, 0.15) is 6.10 Å². The van der Waals surface area contributed by atoms with Gasteiger partial charge in [-0.25, -0.2) is 0 Å². The highest BCUT2D eigenvalue weighted by Gasteiger charge is 2.35. The molecule has 0 aliphatic carbocycles. The molecule has 2 unspecified atom stereocenters. The summed E-state index contributed by atoms with van der Waals surface area (Å²) < 4.78 is 4.92. The van der Waals surface area contributed by atoms with Gasteiger partial charge in [0.05, 0.1) is 0 Å². The molecule has 1 aliphatic rings. The number of carbonyl (C=O) groups excluding carboxylic acids is 1. The predicted octanol–water partition coefficient (Wildman–Crippen LogP) is 5.64. The van der Waals surface area contributed by atoms with Crippen molar-refractivity contribution in [1.29, 1.82) is 0 Å². The van der Waals surface area contributed by atoms with Crippen molar-refractivity contribution < 1.29 is 14.6 Å². The topological polar surface area (TPSA) is 61.9 Å². The fourth-order valence-electron chi connectivity index (χ4n) is 3.32. The third kappa shape index (κ3) is 15.8. The summed E-state index contributed by atoms with van der Waals surface area (Å²) >= 11 is 0. The van der Waals surface area contributed by atoms with E-state index < -0.39 is 6.29 Å². The van der Waals surface area contributed by atoms with Crippen LogP contribution in [0.4, 0.5) is 0 Å². The van der Waals surface area contributed by atoms with E-state index >= 15 is 0 Å². The van der Waals surface area contributed by atoms with Crippen molar-refractivity contribution in [2.24, 2.45) is 0 Å². The molecule has 27 heavy (non-hydrogen) atoms. The van der Waals surface area contributed by atoms with Crippen LogP contribution in [0.15, 0.2) is 12.2 Å². The summed E-state index contributed by atoms with van der Waals surface area (Å²) in [7, 11) is 0. The molecule has 1 fully saturated rings. The zero-order valence-corrected chi connectivity index (χ0v) is 17.6. The number of carbonyl (C=O) groups is 1. The number of aliphatic hydroxyl groups is 1. The van der Waals surface area contributed by atoms with Crippen molar-refractivity contribution >= 4 is 5.91 Å². The van der Waals surface area contributed by atoms with Gasteiger partial charge < -0.3 is 15.2 Å². The first kappa shape index (κ1) is 24.2. The van der Waals surface area contributed by atoms with Crippen LogP contribution < -0.4 is 5.32 Å². The largest absolute Gasteiger partial charge is 0.366 e. The van der Waals surface area contributed by atoms with E-state index in [4.69, 9.17) is 9.84 Å². The van der Waals surface area contributed by atoms with Crippen molar-refractivity contribution in [3.05, 3.63) is 12.2 Å². The lowest BCUT2D eigenvalue weighted by Gasteiger charge is -2.04. The Balaban J connectivity index is 1.73. The molecule has 4 nitrogen and oxygen atoms in total. The average molecular weight is 382 g/mol. The molecule has 0 aromatic carbocycles. The molecule has 1 saturated heterocycles. The Labute approximate surface area is 167 Å². The first-order valence-corrected chi connectivity index (χ1v) is 11.5. The summed E-state index contributed by atoms with van der Waals surface area (Å²) in [6, 6.07) is 0. The zero-order valence-electron chi connectivity index (χ0n) is 17.6. The maximum atomic E-state index is 11.7. The van der Waals surface area contributed by atoms with E-state index in [1.165, 1.54) is 70.6 Å². The molecule has 1 heterocycles. The van der Waals surface area contributed by atoms with E-state index in [2.05, 4.69) is 24.4 Å². The molecule has 1 aliphatic heterocycles. The molecule has 0 saturated carbocycles. The first-order valence-electron chi connectivity index (χ1n) is 11.5. The maximum Gasteiger partial charge on any atom is 0.219 e. The minimum Gasteiger partial charge on any atom is -0.366 e. The number of allylic oxidation sites excluding steroid dienone is 2. The van der Waals surface area contributed by atoms with Crippen molar-refractivity contribution in [3.63, 3.8) is 0 Å². The number of nitrogens with one attached hydrogen (secondary N) is 1. The second-order valence-corrected chi connectivity index (χ2v) is 7.89. The van der Waals surface area contributed by atoms with E-state index in [1.54, 1.807) is 0 Å². The second kappa shape index (κ2) is 17.2. The SMILES string of the molecule is CCCCCCCCC=CCCCCCCCC(=O)NCCCC1OC1O. The van der Waals surface area contributed by atoms with Crippen LogP contribution in [0.1, 0.15) is 110 Å². The van der Waals surface area contributed by atoms with Crippen LogP contribution in [-0.2, 0) is 9.53 Å². The standard InChI is InChI=1S/C23H43NO3/c1-2-3-4-5-6-7-8-9-10-11-12-13-14-15-16-19-22(25)24-20-17-18-21-23(26)27-21/h9-10,21,23,26H,2-8,11-20H2,1H3,(H,24,25). The normalized spacial score (nSPS) is 18.9. The van der Waals surface area contributed by atoms with Crippen LogP contribution >= 0.6 is 0 Å². The Morgan fingerprint density at radius 2 is 1.44 bits per heavy atom. The van der Waals surface area contributed by atoms with Gasteiger partial charge in [0, 0.05) is 13.0 Å².